The van der Waals surface area contributed by atoms with Gasteiger partial charge >= 0.3 is 0 Å². The average molecular weight is 255 g/mol. The van der Waals surface area contributed by atoms with E-state index in [0.717, 1.165) is 44.7 Å². The Bertz CT molecular complexity index is 237. The zero-order valence-electron chi connectivity index (χ0n) is 13.1. The fraction of sp³-hybridized carbons (Fsp3) is 1.00. The molecule has 0 radical (unpaired) electrons. The Labute approximate surface area is 114 Å². The normalized spacial score (nSPS) is 24.2. The van der Waals surface area contributed by atoms with Gasteiger partial charge in [-0.15, -0.1) is 0 Å². The first kappa shape index (κ1) is 16.0. The summed E-state index contributed by atoms with van der Waals surface area (Å²) in [4.78, 5) is 0. The van der Waals surface area contributed by atoms with Gasteiger partial charge in [-0.3, -0.25) is 0 Å². The molecule has 18 heavy (non-hydrogen) atoms. The number of nitrogens with one attached hydrogen (secondary N) is 1. The highest BCUT2D eigenvalue weighted by atomic mass is 16.3. The third-order valence-electron chi connectivity index (χ3n) is 4.35. The Hall–Kier alpha value is -0.0800. The van der Waals surface area contributed by atoms with Crippen LogP contribution in [0, 0.1) is 17.3 Å². The Morgan fingerprint density at radius 1 is 1.06 bits per heavy atom. The monoisotopic (exact) mass is 255 g/mol. The largest absolute Gasteiger partial charge is 0.389 e. The topological polar surface area (TPSA) is 32.3 Å². The van der Waals surface area contributed by atoms with Gasteiger partial charge in [0, 0.05) is 6.54 Å². The van der Waals surface area contributed by atoms with Crippen LogP contribution in [0.25, 0.3) is 0 Å². The summed E-state index contributed by atoms with van der Waals surface area (Å²) < 4.78 is 0. The lowest BCUT2D eigenvalue weighted by molar-refractivity contribution is -0.0247. The van der Waals surface area contributed by atoms with Crippen LogP contribution in [0.1, 0.15) is 66.7 Å². The summed E-state index contributed by atoms with van der Waals surface area (Å²) >= 11 is 0. The molecule has 1 unspecified atom stereocenters. The van der Waals surface area contributed by atoms with Crippen molar-refractivity contribution in [3.05, 3.63) is 0 Å². The van der Waals surface area contributed by atoms with Crippen LogP contribution in [0.4, 0.5) is 0 Å². The van der Waals surface area contributed by atoms with Gasteiger partial charge < -0.3 is 10.4 Å². The van der Waals surface area contributed by atoms with Crippen LogP contribution in [-0.2, 0) is 0 Å². The molecule has 1 aliphatic carbocycles. The molecule has 1 aliphatic rings. The Balaban J connectivity index is 2.23. The first-order valence-corrected chi connectivity index (χ1v) is 7.66. The molecule has 0 aliphatic heterocycles. The third kappa shape index (κ3) is 5.71. The smallest absolute Gasteiger partial charge is 0.0772 e. The molecular formula is C16H33NO. The molecular weight excluding hydrogens is 222 g/mol. The number of hydrogen-bond donors (Lipinski definition) is 2. The van der Waals surface area contributed by atoms with Gasteiger partial charge in [0.25, 0.3) is 0 Å². The highest BCUT2D eigenvalue weighted by molar-refractivity contribution is 4.90. The van der Waals surface area contributed by atoms with E-state index in [1.165, 1.54) is 6.42 Å². The maximum Gasteiger partial charge on any atom is 0.0772 e. The molecule has 108 valence electrons. The average Bonchev–Trinajstić information content (AvgIpc) is 2.22. The minimum atomic E-state index is -0.451. The van der Waals surface area contributed by atoms with Gasteiger partial charge in [0.15, 0.2) is 0 Å². The minimum Gasteiger partial charge on any atom is -0.389 e. The van der Waals surface area contributed by atoms with E-state index in [2.05, 4.69) is 39.9 Å². The predicted molar refractivity (Wildman–Crippen MR) is 78.7 cm³/mol. The van der Waals surface area contributed by atoms with Crippen LogP contribution in [0.5, 0.6) is 0 Å². The Morgan fingerprint density at radius 2 is 1.61 bits per heavy atom. The SMILES string of the molecule is CC(C)CC(C)CNCC1(O)CCC(C)(C)CC1. The quantitative estimate of drug-likeness (QED) is 0.760. The summed E-state index contributed by atoms with van der Waals surface area (Å²) in [7, 11) is 0. The van der Waals surface area contributed by atoms with Crippen molar-refractivity contribution >= 4 is 0 Å². The van der Waals surface area contributed by atoms with Crippen molar-refractivity contribution in [1.82, 2.24) is 5.32 Å². The summed E-state index contributed by atoms with van der Waals surface area (Å²) in [6.45, 7) is 13.3. The van der Waals surface area contributed by atoms with Crippen molar-refractivity contribution in [3.63, 3.8) is 0 Å². The molecule has 0 spiro atoms. The number of hydrogen-bond acceptors (Lipinski definition) is 2. The van der Waals surface area contributed by atoms with Gasteiger partial charge in [0.05, 0.1) is 5.60 Å². The molecule has 2 heteroatoms. The lowest BCUT2D eigenvalue weighted by atomic mass is 9.71. The Morgan fingerprint density at radius 3 is 2.11 bits per heavy atom. The summed E-state index contributed by atoms with van der Waals surface area (Å²) in [5.74, 6) is 1.47. The zero-order valence-corrected chi connectivity index (χ0v) is 13.1. The van der Waals surface area contributed by atoms with Crippen LogP contribution in [0.3, 0.4) is 0 Å². The van der Waals surface area contributed by atoms with Crippen LogP contribution >= 0.6 is 0 Å². The van der Waals surface area contributed by atoms with Crippen molar-refractivity contribution in [2.45, 2.75) is 72.3 Å². The second-order valence-electron chi connectivity index (χ2n) is 7.75. The van der Waals surface area contributed by atoms with Gasteiger partial charge in [-0.05, 0) is 55.9 Å². The van der Waals surface area contributed by atoms with Gasteiger partial charge in [-0.2, -0.15) is 0 Å². The third-order valence-corrected chi connectivity index (χ3v) is 4.35. The second-order valence-corrected chi connectivity index (χ2v) is 7.75. The van der Waals surface area contributed by atoms with E-state index in [1.807, 2.05) is 0 Å². The lowest BCUT2D eigenvalue weighted by Gasteiger charge is -2.40. The number of rotatable bonds is 6. The van der Waals surface area contributed by atoms with Crippen molar-refractivity contribution in [1.29, 1.82) is 0 Å². The van der Waals surface area contributed by atoms with E-state index < -0.39 is 5.60 Å². The standard InChI is InChI=1S/C16H33NO/c1-13(2)10-14(3)11-17-12-16(18)8-6-15(4,5)7-9-16/h13-14,17-18H,6-12H2,1-5H3. The molecule has 1 atom stereocenters. The predicted octanol–water partition coefficient (Wildman–Crippen LogP) is 3.59. The molecule has 2 N–H and O–H groups in total. The summed E-state index contributed by atoms with van der Waals surface area (Å²) in [5, 5.41) is 14.0. The molecule has 1 fully saturated rings. The maximum absolute atomic E-state index is 10.5. The fourth-order valence-electron chi connectivity index (χ4n) is 3.01. The molecule has 1 rings (SSSR count). The summed E-state index contributed by atoms with van der Waals surface area (Å²) in [6.07, 6.45) is 5.45. The highest BCUT2D eigenvalue weighted by Crippen LogP contribution is 2.39. The second kappa shape index (κ2) is 6.38. The van der Waals surface area contributed by atoms with E-state index in [9.17, 15) is 5.11 Å². The van der Waals surface area contributed by atoms with Crippen molar-refractivity contribution in [3.8, 4) is 0 Å². The lowest BCUT2D eigenvalue weighted by Crippen LogP contribution is -2.45. The van der Waals surface area contributed by atoms with Gasteiger partial charge in [0.1, 0.15) is 0 Å². The molecule has 0 amide bonds. The van der Waals surface area contributed by atoms with Crippen molar-refractivity contribution in [2.75, 3.05) is 13.1 Å². The molecule has 1 saturated carbocycles. The first-order valence-electron chi connectivity index (χ1n) is 7.66. The molecule has 0 aromatic carbocycles. The molecule has 0 aromatic heterocycles. The van der Waals surface area contributed by atoms with Gasteiger partial charge in [0.2, 0.25) is 0 Å². The minimum absolute atomic E-state index is 0.428. The van der Waals surface area contributed by atoms with Crippen LogP contribution in [0.2, 0.25) is 0 Å². The maximum atomic E-state index is 10.5. The van der Waals surface area contributed by atoms with Crippen LogP contribution in [-0.4, -0.2) is 23.8 Å². The molecule has 0 bridgehead atoms. The zero-order chi connectivity index (χ0) is 13.8. The van der Waals surface area contributed by atoms with E-state index in [1.54, 1.807) is 0 Å². The van der Waals surface area contributed by atoms with Crippen LogP contribution in [0.15, 0.2) is 0 Å². The van der Waals surface area contributed by atoms with E-state index >= 15 is 0 Å². The highest BCUT2D eigenvalue weighted by Gasteiger charge is 2.36. The molecule has 2 nitrogen and oxygen atoms in total. The van der Waals surface area contributed by atoms with E-state index in [4.69, 9.17) is 0 Å². The molecule has 0 saturated heterocycles. The van der Waals surface area contributed by atoms with E-state index in [0.29, 0.717) is 11.3 Å². The van der Waals surface area contributed by atoms with Gasteiger partial charge in [-0.25, -0.2) is 0 Å². The first-order chi connectivity index (χ1) is 8.22. The Kier molecular flexibility index (Phi) is 5.67. The van der Waals surface area contributed by atoms with E-state index in [-0.39, 0.29) is 0 Å². The van der Waals surface area contributed by atoms with Crippen LogP contribution < -0.4 is 5.32 Å². The molecule has 0 aromatic rings. The summed E-state index contributed by atoms with van der Waals surface area (Å²) in [5.41, 5.74) is -0.0236. The van der Waals surface area contributed by atoms with Crippen molar-refractivity contribution in [2.24, 2.45) is 17.3 Å². The molecule has 0 heterocycles. The summed E-state index contributed by atoms with van der Waals surface area (Å²) in [6, 6.07) is 0. The van der Waals surface area contributed by atoms with Gasteiger partial charge in [-0.1, -0.05) is 34.6 Å². The fourth-order valence-corrected chi connectivity index (χ4v) is 3.01. The number of aliphatic hydroxyl groups is 1. The van der Waals surface area contributed by atoms with Crippen molar-refractivity contribution < 1.29 is 5.11 Å².